The number of allylic oxidation sites excluding steroid dienone is 1. The summed E-state index contributed by atoms with van der Waals surface area (Å²) in [6.07, 6.45) is 2.47. The molecule has 144 valence electrons. The number of benzene rings is 4. The fourth-order valence-electron chi connectivity index (χ4n) is 5.54. The van der Waals surface area contributed by atoms with Crippen LogP contribution in [0, 0.1) is 13.8 Å². The molecule has 4 aromatic rings. The summed E-state index contributed by atoms with van der Waals surface area (Å²) in [4.78, 5) is 0. The van der Waals surface area contributed by atoms with Crippen molar-refractivity contribution in [3.8, 4) is 11.1 Å². The third-order valence-corrected chi connectivity index (χ3v) is 6.88. The zero-order valence-corrected chi connectivity index (χ0v) is 17.4. The molecule has 0 heterocycles. The van der Waals surface area contributed by atoms with Gasteiger partial charge < -0.3 is 0 Å². The van der Waals surface area contributed by atoms with Crippen LogP contribution >= 0.6 is 0 Å². The number of hydrogen-bond donors (Lipinski definition) is 0. The van der Waals surface area contributed by atoms with E-state index in [2.05, 4.69) is 111 Å². The van der Waals surface area contributed by atoms with E-state index in [1.165, 1.54) is 55.6 Å². The maximum atomic E-state index is 2.47. The van der Waals surface area contributed by atoms with Gasteiger partial charge in [0.2, 0.25) is 0 Å². The van der Waals surface area contributed by atoms with Gasteiger partial charge >= 0.3 is 0 Å². The summed E-state index contributed by atoms with van der Waals surface area (Å²) < 4.78 is 0. The van der Waals surface area contributed by atoms with Gasteiger partial charge in [0.25, 0.3) is 0 Å². The first-order valence-corrected chi connectivity index (χ1v) is 10.8. The van der Waals surface area contributed by atoms with Gasteiger partial charge in [-0.3, -0.25) is 0 Å². The van der Waals surface area contributed by atoms with Crippen LogP contribution in [0.3, 0.4) is 0 Å². The Bertz CT molecular complexity index is 1290. The van der Waals surface area contributed by atoms with Crippen molar-refractivity contribution in [1.29, 1.82) is 0 Å². The second kappa shape index (κ2) is 6.57. The van der Waals surface area contributed by atoms with Crippen molar-refractivity contribution in [2.75, 3.05) is 0 Å². The Labute approximate surface area is 178 Å². The summed E-state index contributed by atoms with van der Waals surface area (Å²) in [6.45, 7) is 4.46. The molecule has 0 N–H and O–H groups in total. The van der Waals surface area contributed by atoms with Gasteiger partial charge in [0.1, 0.15) is 0 Å². The summed E-state index contributed by atoms with van der Waals surface area (Å²) >= 11 is 0. The number of fused-ring (bicyclic) bond motifs is 3. The first-order valence-electron chi connectivity index (χ1n) is 10.8. The zero-order valence-electron chi connectivity index (χ0n) is 17.4. The third-order valence-electron chi connectivity index (χ3n) is 6.88. The van der Waals surface area contributed by atoms with E-state index in [0.29, 0.717) is 11.8 Å². The smallest absolute Gasteiger partial charge is 0.0217 e. The van der Waals surface area contributed by atoms with Gasteiger partial charge in [-0.25, -0.2) is 0 Å². The molecule has 6 rings (SSSR count). The van der Waals surface area contributed by atoms with Crippen molar-refractivity contribution in [2.45, 2.75) is 25.7 Å². The van der Waals surface area contributed by atoms with Gasteiger partial charge in [-0.2, -0.15) is 0 Å². The van der Waals surface area contributed by atoms with Gasteiger partial charge in [-0.15, -0.1) is 0 Å². The monoisotopic (exact) mass is 384 g/mol. The summed E-state index contributed by atoms with van der Waals surface area (Å²) in [6, 6.07) is 33.7. The predicted molar refractivity (Wildman–Crippen MR) is 127 cm³/mol. The Hall–Kier alpha value is -3.38. The van der Waals surface area contributed by atoms with Crippen molar-refractivity contribution in [2.24, 2.45) is 0 Å². The molecule has 2 aliphatic rings. The predicted octanol–water partition coefficient (Wildman–Crippen LogP) is 7.75. The van der Waals surface area contributed by atoms with Crippen LogP contribution in [0.2, 0.25) is 0 Å². The fourth-order valence-corrected chi connectivity index (χ4v) is 5.54. The molecule has 0 heteroatoms. The van der Waals surface area contributed by atoms with Crippen molar-refractivity contribution >= 4 is 11.6 Å². The topological polar surface area (TPSA) is 0 Å². The lowest BCUT2D eigenvalue weighted by Crippen LogP contribution is -2.18. The zero-order chi connectivity index (χ0) is 20.2. The molecule has 0 amide bonds. The Balaban J connectivity index is 1.71. The SMILES string of the molecule is Cc1ccc2c(c1)C1c3c-2ccc(C)c3C=C(c2ccccc2)C1c1ccccc1. The van der Waals surface area contributed by atoms with Crippen molar-refractivity contribution < 1.29 is 0 Å². The van der Waals surface area contributed by atoms with Crippen LogP contribution in [0.1, 0.15) is 50.8 Å². The Morgan fingerprint density at radius 1 is 0.633 bits per heavy atom. The lowest BCUT2D eigenvalue weighted by molar-refractivity contribution is 0.737. The van der Waals surface area contributed by atoms with Gasteiger partial charge in [-0.1, -0.05) is 96.6 Å². The minimum absolute atomic E-state index is 0.310. The van der Waals surface area contributed by atoms with E-state index >= 15 is 0 Å². The standard InChI is InChI=1S/C30H24/c1-19-13-15-23-24-16-14-20(2)25-18-26(21-9-5-3-6-10-21)28(22-11-7-4-8-12-22)30(29(24)25)27(23)17-19/h3-18,28,30H,1-2H3. The van der Waals surface area contributed by atoms with Crippen LogP contribution in [0.5, 0.6) is 0 Å². The van der Waals surface area contributed by atoms with Crippen LogP contribution in [0.4, 0.5) is 0 Å². The van der Waals surface area contributed by atoms with Crippen LogP contribution in [-0.2, 0) is 0 Å². The summed E-state index contributed by atoms with van der Waals surface area (Å²) in [5.41, 5.74) is 14.1. The molecule has 0 saturated heterocycles. The molecule has 0 aromatic heterocycles. The van der Waals surface area contributed by atoms with Gasteiger partial charge in [-0.05, 0) is 70.0 Å². The molecule has 2 atom stereocenters. The minimum atomic E-state index is 0.310. The highest BCUT2D eigenvalue weighted by atomic mass is 14.4. The second-order valence-corrected chi connectivity index (χ2v) is 8.68. The summed E-state index contributed by atoms with van der Waals surface area (Å²) in [5, 5.41) is 0. The highest BCUT2D eigenvalue weighted by molar-refractivity contribution is 5.96. The molecule has 0 saturated carbocycles. The Morgan fingerprint density at radius 3 is 2.10 bits per heavy atom. The van der Waals surface area contributed by atoms with E-state index in [9.17, 15) is 0 Å². The van der Waals surface area contributed by atoms with Gasteiger partial charge in [0.15, 0.2) is 0 Å². The van der Waals surface area contributed by atoms with Crippen molar-refractivity contribution in [3.63, 3.8) is 0 Å². The molecule has 2 unspecified atom stereocenters. The Kier molecular flexibility index (Phi) is 3.83. The minimum Gasteiger partial charge on any atom is -0.0622 e. The van der Waals surface area contributed by atoms with Gasteiger partial charge in [0.05, 0.1) is 0 Å². The second-order valence-electron chi connectivity index (χ2n) is 8.68. The normalized spacial score (nSPS) is 18.5. The number of hydrogen-bond acceptors (Lipinski definition) is 0. The first kappa shape index (κ1) is 17.5. The third kappa shape index (κ3) is 2.47. The average Bonchev–Trinajstić information content (AvgIpc) is 3.11. The molecule has 30 heavy (non-hydrogen) atoms. The van der Waals surface area contributed by atoms with Crippen LogP contribution in [0.15, 0.2) is 91.0 Å². The summed E-state index contributed by atoms with van der Waals surface area (Å²) in [5.74, 6) is 0.664. The maximum Gasteiger partial charge on any atom is 0.0217 e. The largest absolute Gasteiger partial charge is 0.0622 e. The van der Waals surface area contributed by atoms with E-state index in [1.54, 1.807) is 0 Å². The van der Waals surface area contributed by atoms with Crippen LogP contribution in [0.25, 0.3) is 22.8 Å². The first-order chi connectivity index (χ1) is 14.7. The lowest BCUT2D eigenvalue weighted by atomic mass is 9.68. The molecule has 2 aliphatic carbocycles. The molecule has 0 spiro atoms. The van der Waals surface area contributed by atoms with E-state index in [0.717, 1.165) is 0 Å². The highest BCUT2D eigenvalue weighted by Crippen LogP contribution is 2.59. The van der Waals surface area contributed by atoms with E-state index in [1.807, 2.05) is 0 Å². The van der Waals surface area contributed by atoms with Crippen molar-refractivity contribution in [1.82, 2.24) is 0 Å². The van der Waals surface area contributed by atoms with E-state index in [4.69, 9.17) is 0 Å². The molecule has 0 nitrogen and oxygen atoms in total. The van der Waals surface area contributed by atoms with E-state index < -0.39 is 0 Å². The fraction of sp³-hybridized carbons (Fsp3) is 0.133. The molecule has 0 aliphatic heterocycles. The molecular formula is C30H24. The number of rotatable bonds is 2. The molecule has 4 aromatic carbocycles. The molecular weight excluding hydrogens is 360 g/mol. The average molecular weight is 385 g/mol. The van der Waals surface area contributed by atoms with Crippen molar-refractivity contribution in [3.05, 3.63) is 130 Å². The Morgan fingerprint density at radius 2 is 1.33 bits per heavy atom. The number of aryl methyl sites for hydroxylation is 2. The quantitative estimate of drug-likeness (QED) is 0.331. The van der Waals surface area contributed by atoms with Gasteiger partial charge in [0, 0.05) is 11.8 Å². The van der Waals surface area contributed by atoms with E-state index in [-0.39, 0.29) is 0 Å². The molecule has 0 radical (unpaired) electrons. The highest BCUT2D eigenvalue weighted by Gasteiger charge is 2.41. The van der Waals surface area contributed by atoms with Crippen LogP contribution in [-0.4, -0.2) is 0 Å². The van der Waals surface area contributed by atoms with Crippen LogP contribution < -0.4 is 0 Å². The molecule has 0 bridgehead atoms. The summed E-state index contributed by atoms with van der Waals surface area (Å²) in [7, 11) is 0. The molecule has 0 fully saturated rings. The maximum absolute atomic E-state index is 2.47. The lowest BCUT2D eigenvalue weighted by Gasteiger charge is -2.34.